The molecule has 7 heterocycles. The third-order valence-corrected chi connectivity index (χ3v) is 12.3. The predicted octanol–water partition coefficient (Wildman–Crippen LogP) is 6.19. The Morgan fingerprint density at radius 2 is 1.23 bits per heavy atom. The van der Waals surface area contributed by atoms with Gasteiger partial charge in [0.05, 0.1) is 62.3 Å². The first-order valence-corrected chi connectivity index (χ1v) is 20.9. The standard InChI is InChI=1S/C26H30N4O4.C20H18FN3O2/c1-32-23-15-19(14-18-4-6-29(20-2-3-20)26(31)25(18)23)22-17-27-24-16-21(5-7-30(22)24)34-13-10-28-8-11-33-12-9-28;1-26-17-9-13(16-11-22-18-10-14(21)5-7-24(16)18)8-12-4-6-23(15-2-3-15)20(25)19(12)17/h5,7,14-17,20H,2-4,6,8-13H2,1H3;5,7-11,15H,2-4,6H2,1H3. The Balaban J connectivity index is 0.000000149. The second-order valence-electron chi connectivity index (χ2n) is 16.1. The van der Waals surface area contributed by atoms with Crippen LogP contribution in [0.3, 0.4) is 0 Å². The van der Waals surface area contributed by atoms with E-state index in [0.29, 0.717) is 47.0 Å². The van der Waals surface area contributed by atoms with Crippen molar-refractivity contribution in [2.45, 2.75) is 50.6 Å². The molecule has 0 atom stereocenters. The van der Waals surface area contributed by atoms with Crippen molar-refractivity contribution in [2.24, 2.45) is 0 Å². The number of pyridine rings is 2. The fourth-order valence-electron chi connectivity index (χ4n) is 8.84. The van der Waals surface area contributed by atoms with Crippen molar-refractivity contribution in [2.75, 3.05) is 66.8 Å². The summed E-state index contributed by atoms with van der Waals surface area (Å²) in [6.07, 6.45) is 13.3. The molecule has 5 aliphatic rings. The summed E-state index contributed by atoms with van der Waals surface area (Å²) in [5.74, 6) is 1.89. The lowest BCUT2D eigenvalue weighted by Gasteiger charge is -2.30. The molecule has 1 saturated heterocycles. The van der Waals surface area contributed by atoms with E-state index in [2.05, 4.69) is 25.3 Å². The van der Waals surface area contributed by atoms with Crippen LogP contribution >= 0.6 is 0 Å². The van der Waals surface area contributed by atoms with Gasteiger partial charge in [-0.05, 0) is 86.1 Å². The maximum atomic E-state index is 13.4. The first-order chi connectivity index (χ1) is 29.4. The van der Waals surface area contributed by atoms with Gasteiger partial charge in [0.15, 0.2) is 0 Å². The Labute approximate surface area is 347 Å². The number of fused-ring (bicyclic) bond motifs is 4. The normalized spacial score (nSPS) is 18.0. The van der Waals surface area contributed by atoms with Gasteiger partial charge >= 0.3 is 0 Å². The third kappa shape index (κ3) is 7.32. The van der Waals surface area contributed by atoms with Crippen LogP contribution in [0.4, 0.5) is 4.39 Å². The highest BCUT2D eigenvalue weighted by Crippen LogP contribution is 2.40. The molecule has 0 spiro atoms. The molecule has 13 nitrogen and oxygen atoms in total. The highest BCUT2D eigenvalue weighted by Gasteiger charge is 2.39. The van der Waals surface area contributed by atoms with Crippen molar-refractivity contribution in [3.05, 3.63) is 101 Å². The minimum Gasteiger partial charge on any atom is -0.496 e. The molecule has 0 N–H and O–H groups in total. The van der Waals surface area contributed by atoms with E-state index in [9.17, 15) is 14.0 Å². The number of hydrogen-bond acceptors (Lipinski definition) is 9. The highest BCUT2D eigenvalue weighted by atomic mass is 19.1. The van der Waals surface area contributed by atoms with E-state index in [0.717, 1.165) is 130 Å². The molecule has 11 rings (SSSR count). The number of hydrogen-bond donors (Lipinski definition) is 0. The molecule has 6 aromatic rings. The minimum atomic E-state index is -0.316. The van der Waals surface area contributed by atoms with Crippen molar-refractivity contribution >= 4 is 23.1 Å². The number of carbonyl (C=O) groups is 2. The quantitative estimate of drug-likeness (QED) is 0.160. The number of imidazole rings is 2. The molecule has 2 aliphatic carbocycles. The number of carbonyl (C=O) groups excluding carboxylic acids is 2. The lowest BCUT2D eigenvalue weighted by molar-refractivity contribution is 0.0322. The second kappa shape index (κ2) is 15.9. The van der Waals surface area contributed by atoms with Gasteiger partial charge in [0, 0.05) is 80.5 Å². The monoisotopic (exact) mass is 813 g/mol. The van der Waals surface area contributed by atoms with Gasteiger partial charge in [-0.25, -0.2) is 14.4 Å². The minimum absolute atomic E-state index is 0.0670. The number of benzene rings is 2. The van der Waals surface area contributed by atoms with Gasteiger partial charge in [0.25, 0.3) is 11.8 Å². The topological polar surface area (TPSA) is 115 Å². The Morgan fingerprint density at radius 1 is 0.700 bits per heavy atom. The van der Waals surface area contributed by atoms with Gasteiger partial charge in [-0.1, -0.05) is 0 Å². The van der Waals surface area contributed by atoms with Crippen LogP contribution in [0.15, 0.2) is 73.3 Å². The van der Waals surface area contributed by atoms with Crippen LogP contribution in [-0.4, -0.2) is 124 Å². The molecule has 60 heavy (non-hydrogen) atoms. The van der Waals surface area contributed by atoms with Crippen molar-refractivity contribution < 1.29 is 32.9 Å². The first-order valence-electron chi connectivity index (χ1n) is 20.9. The first kappa shape index (κ1) is 38.2. The van der Waals surface area contributed by atoms with Crippen LogP contribution in [0, 0.1) is 5.82 Å². The van der Waals surface area contributed by atoms with Gasteiger partial charge in [0.2, 0.25) is 0 Å². The molecule has 0 bridgehead atoms. The number of halogens is 1. The Bertz CT molecular complexity index is 2570. The zero-order valence-electron chi connectivity index (χ0n) is 33.9. The zero-order chi connectivity index (χ0) is 40.9. The van der Waals surface area contributed by atoms with Gasteiger partial charge in [-0.3, -0.25) is 23.3 Å². The Morgan fingerprint density at radius 3 is 1.77 bits per heavy atom. The number of rotatable bonds is 10. The number of aromatic nitrogens is 4. The average Bonchev–Trinajstić information content (AvgIpc) is 4.21. The molecule has 0 unspecified atom stereocenters. The smallest absolute Gasteiger partial charge is 0.258 e. The Hall–Kier alpha value is -5.99. The van der Waals surface area contributed by atoms with Crippen LogP contribution < -0.4 is 14.2 Å². The fourth-order valence-corrected chi connectivity index (χ4v) is 8.84. The number of morpholine rings is 1. The molecule has 2 amide bonds. The van der Waals surface area contributed by atoms with E-state index in [1.165, 1.54) is 12.1 Å². The van der Waals surface area contributed by atoms with Crippen molar-refractivity contribution in [3.8, 4) is 39.8 Å². The number of nitrogens with zero attached hydrogens (tertiary/aromatic N) is 7. The Kier molecular flexibility index (Phi) is 10.1. The number of amides is 2. The lowest BCUT2D eigenvalue weighted by Crippen LogP contribution is -2.39. The van der Waals surface area contributed by atoms with E-state index >= 15 is 0 Å². The summed E-state index contributed by atoms with van der Waals surface area (Å²) < 4.78 is 40.0. The van der Waals surface area contributed by atoms with Crippen LogP contribution in [0.2, 0.25) is 0 Å². The van der Waals surface area contributed by atoms with E-state index in [1.54, 1.807) is 26.6 Å². The van der Waals surface area contributed by atoms with Crippen LogP contribution in [0.5, 0.6) is 17.2 Å². The number of ether oxygens (including phenoxy) is 4. The predicted molar refractivity (Wildman–Crippen MR) is 223 cm³/mol. The van der Waals surface area contributed by atoms with Crippen molar-refractivity contribution in [3.63, 3.8) is 0 Å². The second-order valence-corrected chi connectivity index (χ2v) is 16.1. The summed E-state index contributed by atoms with van der Waals surface area (Å²) in [7, 11) is 3.23. The SMILES string of the molecule is COc1cc(-c2cnc3cc(F)ccn23)cc2c1C(=O)N(C1CC1)CC2.COc1cc(-c2cnc3cc(OCCN4CCOCC4)ccn23)cc2c1C(=O)N(C1CC1)CC2. The van der Waals surface area contributed by atoms with Crippen molar-refractivity contribution in [1.82, 2.24) is 33.5 Å². The summed E-state index contributed by atoms with van der Waals surface area (Å²) in [6, 6.07) is 15.6. The summed E-state index contributed by atoms with van der Waals surface area (Å²) >= 11 is 0. The van der Waals surface area contributed by atoms with Gasteiger partial charge in [-0.15, -0.1) is 0 Å². The molecule has 0 radical (unpaired) electrons. The summed E-state index contributed by atoms with van der Waals surface area (Å²) in [6.45, 7) is 6.56. The van der Waals surface area contributed by atoms with E-state index < -0.39 is 0 Å². The largest absolute Gasteiger partial charge is 0.496 e. The molecule has 3 aliphatic heterocycles. The van der Waals surface area contributed by atoms with Crippen LogP contribution in [0.1, 0.15) is 57.5 Å². The van der Waals surface area contributed by atoms with Gasteiger partial charge in [-0.2, -0.15) is 0 Å². The summed E-state index contributed by atoms with van der Waals surface area (Å²) in [5.41, 5.74) is 8.53. The van der Waals surface area contributed by atoms with Gasteiger partial charge in [0.1, 0.15) is 41.0 Å². The molecule has 3 fully saturated rings. The van der Waals surface area contributed by atoms with Crippen molar-refractivity contribution in [1.29, 1.82) is 0 Å². The maximum absolute atomic E-state index is 13.4. The van der Waals surface area contributed by atoms with E-state index in [4.69, 9.17) is 18.9 Å². The highest BCUT2D eigenvalue weighted by molar-refractivity contribution is 6.01. The average molecular weight is 814 g/mol. The summed E-state index contributed by atoms with van der Waals surface area (Å²) in [4.78, 5) is 41.3. The molecular weight excluding hydrogens is 766 g/mol. The molecule has 4 aromatic heterocycles. The van der Waals surface area contributed by atoms with Gasteiger partial charge < -0.3 is 28.7 Å². The van der Waals surface area contributed by atoms with E-state index in [-0.39, 0.29) is 17.6 Å². The fraction of sp³-hybridized carbons (Fsp3) is 0.391. The molecule has 310 valence electrons. The van der Waals surface area contributed by atoms with Crippen LogP contribution in [0.25, 0.3) is 33.8 Å². The molecule has 14 heteroatoms. The van der Waals surface area contributed by atoms with Crippen LogP contribution in [-0.2, 0) is 17.6 Å². The zero-order valence-corrected chi connectivity index (χ0v) is 33.9. The summed E-state index contributed by atoms with van der Waals surface area (Å²) in [5, 5.41) is 0. The van der Waals surface area contributed by atoms with E-state index in [1.807, 2.05) is 56.9 Å². The maximum Gasteiger partial charge on any atom is 0.258 e. The number of methoxy groups -OCH3 is 2. The molecule has 2 aromatic carbocycles. The lowest BCUT2D eigenvalue weighted by atomic mass is 9.94. The molecule has 2 saturated carbocycles. The molecular formula is C46H48FN7O6. The third-order valence-electron chi connectivity index (χ3n) is 12.3.